The first-order valence-corrected chi connectivity index (χ1v) is 6.75. The first kappa shape index (κ1) is 14.9. The van der Waals surface area contributed by atoms with Crippen LogP contribution in [0.15, 0.2) is 18.2 Å². The SMILES string of the molecule is CCCCn1nnnc1COc1cccc([N+](=O)[O-])c1C. The molecule has 0 atom stereocenters. The quantitative estimate of drug-likeness (QED) is 0.573. The normalized spacial score (nSPS) is 10.6. The molecule has 0 spiro atoms. The molecule has 0 saturated heterocycles. The Morgan fingerprint density at radius 1 is 1.43 bits per heavy atom. The fraction of sp³-hybridized carbons (Fsp3) is 0.462. The third-order valence-electron chi connectivity index (χ3n) is 3.14. The van der Waals surface area contributed by atoms with Gasteiger partial charge < -0.3 is 4.74 Å². The Balaban J connectivity index is 2.08. The van der Waals surface area contributed by atoms with Crippen LogP contribution in [0.3, 0.4) is 0 Å². The van der Waals surface area contributed by atoms with Crippen molar-refractivity contribution in [2.75, 3.05) is 0 Å². The first-order valence-electron chi connectivity index (χ1n) is 6.75. The highest BCUT2D eigenvalue weighted by molar-refractivity contribution is 5.48. The maximum Gasteiger partial charge on any atom is 0.276 e. The first-order chi connectivity index (χ1) is 10.1. The molecule has 21 heavy (non-hydrogen) atoms. The van der Waals surface area contributed by atoms with Crippen molar-refractivity contribution in [2.45, 2.75) is 39.8 Å². The second kappa shape index (κ2) is 6.78. The molecule has 0 amide bonds. The van der Waals surface area contributed by atoms with Crippen molar-refractivity contribution in [2.24, 2.45) is 0 Å². The average Bonchev–Trinajstić information content (AvgIpc) is 2.91. The maximum absolute atomic E-state index is 10.9. The number of ether oxygens (including phenoxy) is 1. The minimum Gasteiger partial charge on any atom is -0.485 e. The third kappa shape index (κ3) is 3.53. The Bertz CT molecular complexity index is 626. The van der Waals surface area contributed by atoms with E-state index in [2.05, 4.69) is 22.4 Å². The molecule has 0 N–H and O–H groups in total. The highest BCUT2D eigenvalue weighted by Gasteiger charge is 2.15. The molecule has 1 aromatic heterocycles. The van der Waals surface area contributed by atoms with Gasteiger partial charge in [0.15, 0.2) is 5.82 Å². The van der Waals surface area contributed by atoms with Gasteiger partial charge in [0.05, 0.1) is 10.5 Å². The number of rotatable bonds is 7. The lowest BCUT2D eigenvalue weighted by atomic mass is 10.2. The highest BCUT2D eigenvalue weighted by atomic mass is 16.6. The number of unbranched alkanes of at least 4 members (excludes halogenated alkanes) is 1. The van der Waals surface area contributed by atoms with Gasteiger partial charge in [-0.3, -0.25) is 10.1 Å². The van der Waals surface area contributed by atoms with Gasteiger partial charge in [-0.2, -0.15) is 0 Å². The second-order valence-electron chi connectivity index (χ2n) is 4.62. The van der Waals surface area contributed by atoms with E-state index in [0.717, 1.165) is 19.4 Å². The number of nitrogens with zero attached hydrogens (tertiary/aromatic N) is 5. The van der Waals surface area contributed by atoms with Gasteiger partial charge in [0.2, 0.25) is 0 Å². The molecule has 0 unspecified atom stereocenters. The number of benzene rings is 1. The van der Waals surface area contributed by atoms with E-state index in [4.69, 9.17) is 4.74 Å². The number of aromatic nitrogens is 4. The average molecular weight is 291 g/mol. The lowest BCUT2D eigenvalue weighted by Gasteiger charge is -2.09. The molecular formula is C13H17N5O3. The van der Waals surface area contributed by atoms with Crippen molar-refractivity contribution in [3.05, 3.63) is 39.7 Å². The summed E-state index contributed by atoms with van der Waals surface area (Å²) in [4.78, 5) is 10.5. The molecule has 8 heteroatoms. The van der Waals surface area contributed by atoms with Crippen molar-refractivity contribution >= 4 is 5.69 Å². The van der Waals surface area contributed by atoms with Gasteiger partial charge in [-0.1, -0.05) is 19.4 Å². The number of nitro groups is 1. The summed E-state index contributed by atoms with van der Waals surface area (Å²) < 4.78 is 7.32. The van der Waals surface area contributed by atoms with E-state index in [9.17, 15) is 10.1 Å². The van der Waals surface area contributed by atoms with Crippen LogP contribution in [0.1, 0.15) is 31.2 Å². The van der Waals surface area contributed by atoms with Crippen molar-refractivity contribution in [1.82, 2.24) is 20.2 Å². The van der Waals surface area contributed by atoms with Crippen LogP contribution in [-0.4, -0.2) is 25.1 Å². The molecular weight excluding hydrogens is 274 g/mol. The van der Waals surface area contributed by atoms with E-state index in [1.165, 1.54) is 6.07 Å². The number of hydrogen-bond acceptors (Lipinski definition) is 6. The zero-order valence-electron chi connectivity index (χ0n) is 12.0. The molecule has 8 nitrogen and oxygen atoms in total. The summed E-state index contributed by atoms with van der Waals surface area (Å²) in [7, 11) is 0. The molecule has 2 aromatic rings. The monoisotopic (exact) mass is 291 g/mol. The lowest BCUT2D eigenvalue weighted by Crippen LogP contribution is -2.09. The maximum atomic E-state index is 10.9. The Kier molecular flexibility index (Phi) is 4.81. The summed E-state index contributed by atoms with van der Waals surface area (Å²) >= 11 is 0. The summed E-state index contributed by atoms with van der Waals surface area (Å²) in [6, 6.07) is 4.75. The number of aryl methyl sites for hydroxylation is 1. The fourth-order valence-corrected chi connectivity index (χ4v) is 1.91. The number of hydrogen-bond donors (Lipinski definition) is 0. The molecule has 1 aromatic carbocycles. The Morgan fingerprint density at radius 3 is 2.95 bits per heavy atom. The zero-order chi connectivity index (χ0) is 15.2. The molecule has 0 fully saturated rings. The summed E-state index contributed by atoms with van der Waals surface area (Å²) in [6.07, 6.45) is 2.03. The van der Waals surface area contributed by atoms with Crippen LogP contribution >= 0.6 is 0 Å². The van der Waals surface area contributed by atoms with E-state index in [1.54, 1.807) is 23.7 Å². The summed E-state index contributed by atoms with van der Waals surface area (Å²) in [5.41, 5.74) is 0.535. The molecule has 0 saturated carbocycles. The highest BCUT2D eigenvalue weighted by Crippen LogP contribution is 2.27. The van der Waals surface area contributed by atoms with Gasteiger partial charge in [-0.25, -0.2) is 4.68 Å². The standard InChI is InChI=1S/C13H17N5O3/c1-3-4-8-17-13(14-15-16-17)9-21-12-7-5-6-11(10(12)2)18(19)20/h5-7H,3-4,8-9H2,1-2H3. The molecule has 0 radical (unpaired) electrons. The molecule has 0 aliphatic heterocycles. The minimum atomic E-state index is -0.423. The summed E-state index contributed by atoms with van der Waals surface area (Å²) in [5, 5.41) is 22.3. The third-order valence-corrected chi connectivity index (χ3v) is 3.14. The van der Waals surface area contributed by atoms with Crippen LogP contribution in [0.5, 0.6) is 5.75 Å². The van der Waals surface area contributed by atoms with Crippen LogP contribution in [-0.2, 0) is 13.2 Å². The second-order valence-corrected chi connectivity index (χ2v) is 4.62. The van der Waals surface area contributed by atoms with Crippen molar-refractivity contribution in [3.8, 4) is 5.75 Å². The van der Waals surface area contributed by atoms with Crippen molar-refractivity contribution in [1.29, 1.82) is 0 Å². The van der Waals surface area contributed by atoms with Gasteiger partial charge in [-0.15, -0.1) is 5.10 Å². The van der Waals surface area contributed by atoms with E-state index in [0.29, 0.717) is 17.1 Å². The zero-order valence-corrected chi connectivity index (χ0v) is 12.0. The van der Waals surface area contributed by atoms with Crippen molar-refractivity contribution < 1.29 is 9.66 Å². The minimum absolute atomic E-state index is 0.0399. The molecule has 0 aliphatic carbocycles. The fourth-order valence-electron chi connectivity index (χ4n) is 1.91. The smallest absolute Gasteiger partial charge is 0.276 e. The van der Waals surface area contributed by atoms with Gasteiger partial charge in [0.1, 0.15) is 12.4 Å². The predicted molar refractivity (Wildman–Crippen MR) is 74.9 cm³/mol. The van der Waals surface area contributed by atoms with Crippen LogP contribution in [0.4, 0.5) is 5.69 Å². The Labute approximate surface area is 121 Å². The molecule has 112 valence electrons. The molecule has 0 bridgehead atoms. The van der Waals surface area contributed by atoms with Crippen LogP contribution in [0.2, 0.25) is 0 Å². The van der Waals surface area contributed by atoms with Crippen molar-refractivity contribution in [3.63, 3.8) is 0 Å². The van der Waals surface area contributed by atoms with Gasteiger partial charge in [-0.05, 0) is 29.8 Å². The van der Waals surface area contributed by atoms with Crippen LogP contribution < -0.4 is 4.74 Å². The lowest BCUT2D eigenvalue weighted by molar-refractivity contribution is -0.385. The van der Waals surface area contributed by atoms with Crippen LogP contribution in [0, 0.1) is 17.0 Å². The number of nitro benzene ring substituents is 1. The Hall–Kier alpha value is -2.51. The largest absolute Gasteiger partial charge is 0.485 e. The van der Waals surface area contributed by atoms with Gasteiger partial charge in [0, 0.05) is 12.6 Å². The summed E-state index contributed by atoms with van der Waals surface area (Å²) in [6.45, 7) is 4.66. The van der Waals surface area contributed by atoms with E-state index < -0.39 is 4.92 Å². The predicted octanol–water partition coefficient (Wildman–Crippen LogP) is 2.27. The Morgan fingerprint density at radius 2 is 2.24 bits per heavy atom. The van der Waals surface area contributed by atoms with Crippen LogP contribution in [0.25, 0.3) is 0 Å². The van der Waals surface area contributed by atoms with E-state index in [-0.39, 0.29) is 12.3 Å². The molecule has 0 aliphatic rings. The van der Waals surface area contributed by atoms with E-state index >= 15 is 0 Å². The van der Waals surface area contributed by atoms with E-state index in [1.807, 2.05) is 0 Å². The van der Waals surface area contributed by atoms with Gasteiger partial charge in [0.25, 0.3) is 5.69 Å². The summed E-state index contributed by atoms with van der Waals surface area (Å²) in [5.74, 6) is 1.07. The molecule has 2 rings (SSSR count). The number of tetrazole rings is 1. The molecule has 1 heterocycles. The van der Waals surface area contributed by atoms with Gasteiger partial charge >= 0.3 is 0 Å². The topological polar surface area (TPSA) is 96.0 Å².